The summed E-state index contributed by atoms with van der Waals surface area (Å²) in [5, 5.41) is 10.3. The minimum atomic E-state index is 0. The number of aryl methyl sites for hydroxylation is 2. The quantitative estimate of drug-likeness (QED) is 0.242. The van der Waals surface area contributed by atoms with Gasteiger partial charge < -0.3 is 24.6 Å². The largest absolute Gasteiger partial charge is 0.491 e. The van der Waals surface area contributed by atoms with E-state index in [4.69, 9.17) is 14.0 Å². The first kappa shape index (κ1) is 23.2. The Bertz CT molecular complexity index is 721. The Kier molecular flexibility index (Phi) is 10.7. The Morgan fingerprint density at radius 1 is 1.19 bits per heavy atom. The molecule has 150 valence electrons. The van der Waals surface area contributed by atoms with Crippen molar-refractivity contribution in [1.29, 1.82) is 0 Å². The zero-order chi connectivity index (χ0) is 18.8. The fourth-order valence-electron chi connectivity index (χ4n) is 2.27. The van der Waals surface area contributed by atoms with Crippen LogP contribution in [0.1, 0.15) is 29.8 Å². The zero-order valence-electron chi connectivity index (χ0n) is 16.2. The Morgan fingerprint density at radius 3 is 2.63 bits per heavy atom. The minimum absolute atomic E-state index is 0. The molecule has 1 aromatic heterocycles. The summed E-state index contributed by atoms with van der Waals surface area (Å²) in [6, 6.07) is 6.14. The van der Waals surface area contributed by atoms with Gasteiger partial charge in [0.2, 0.25) is 5.89 Å². The van der Waals surface area contributed by atoms with Crippen LogP contribution in [0.5, 0.6) is 5.75 Å². The normalized spacial score (nSPS) is 11.0. The second-order valence-corrected chi connectivity index (χ2v) is 5.67. The van der Waals surface area contributed by atoms with Gasteiger partial charge in [-0.15, -0.1) is 24.0 Å². The number of hydrogen-bond donors (Lipinski definition) is 2. The maximum Gasteiger partial charge on any atom is 0.223 e. The predicted octanol–water partition coefficient (Wildman–Crippen LogP) is 2.58. The van der Waals surface area contributed by atoms with Crippen molar-refractivity contribution in [2.24, 2.45) is 4.99 Å². The molecule has 9 heteroatoms. The van der Waals surface area contributed by atoms with Crippen molar-refractivity contribution in [3.05, 3.63) is 41.0 Å². The third-order valence-electron chi connectivity index (χ3n) is 3.57. The van der Waals surface area contributed by atoms with Crippen LogP contribution in [0.3, 0.4) is 0 Å². The Labute approximate surface area is 177 Å². The smallest absolute Gasteiger partial charge is 0.223 e. The van der Waals surface area contributed by atoms with Gasteiger partial charge in [0.25, 0.3) is 0 Å². The van der Waals surface area contributed by atoms with E-state index in [0.717, 1.165) is 16.9 Å². The molecule has 0 aliphatic rings. The summed E-state index contributed by atoms with van der Waals surface area (Å²) < 4.78 is 16.1. The van der Waals surface area contributed by atoms with Crippen LogP contribution in [0.25, 0.3) is 0 Å². The number of nitrogens with one attached hydrogen (secondary N) is 2. The second-order valence-electron chi connectivity index (χ2n) is 5.67. The van der Waals surface area contributed by atoms with Crippen molar-refractivity contribution in [3.63, 3.8) is 0 Å². The number of hydrogen-bond acceptors (Lipinski definition) is 6. The van der Waals surface area contributed by atoms with Crippen molar-refractivity contribution in [1.82, 2.24) is 20.8 Å². The van der Waals surface area contributed by atoms with Gasteiger partial charge in [-0.05, 0) is 25.5 Å². The van der Waals surface area contributed by atoms with Crippen LogP contribution in [-0.2, 0) is 17.8 Å². The summed E-state index contributed by atoms with van der Waals surface area (Å²) >= 11 is 0. The molecule has 1 heterocycles. The van der Waals surface area contributed by atoms with Crippen LogP contribution in [0, 0.1) is 13.8 Å². The summed E-state index contributed by atoms with van der Waals surface area (Å²) in [7, 11) is 1.71. The van der Waals surface area contributed by atoms with Crippen LogP contribution in [0.4, 0.5) is 0 Å². The molecule has 0 atom stereocenters. The van der Waals surface area contributed by atoms with Gasteiger partial charge in [0.1, 0.15) is 12.4 Å². The van der Waals surface area contributed by atoms with E-state index in [1.54, 1.807) is 14.0 Å². The average Bonchev–Trinajstić information content (AvgIpc) is 3.05. The molecule has 0 radical (unpaired) electrons. The third kappa shape index (κ3) is 8.12. The average molecular weight is 489 g/mol. The summed E-state index contributed by atoms with van der Waals surface area (Å²) in [4.78, 5) is 8.36. The summed E-state index contributed by atoms with van der Waals surface area (Å²) in [5.74, 6) is 2.62. The van der Waals surface area contributed by atoms with E-state index >= 15 is 0 Å². The number of ether oxygens (including phenoxy) is 2. The Balaban J connectivity index is 0.00000364. The third-order valence-corrected chi connectivity index (χ3v) is 3.57. The summed E-state index contributed by atoms with van der Waals surface area (Å²) in [6.45, 7) is 8.56. The van der Waals surface area contributed by atoms with Crippen molar-refractivity contribution in [2.75, 3.05) is 26.9 Å². The van der Waals surface area contributed by atoms with E-state index < -0.39 is 0 Å². The van der Waals surface area contributed by atoms with Gasteiger partial charge in [-0.1, -0.05) is 17.3 Å². The van der Waals surface area contributed by atoms with Gasteiger partial charge in [-0.25, -0.2) is 0 Å². The van der Waals surface area contributed by atoms with Crippen molar-refractivity contribution in [3.8, 4) is 5.75 Å². The van der Waals surface area contributed by atoms with E-state index in [9.17, 15) is 0 Å². The fraction of sp³-hybridized carbons (Fsp3) is 0.500. The molecule has 0 spiro atoms. The molecule has 2 rings (SSSR count). The first-order valence-electron chi connectivity index (χ1n) is 8.66. The molecule has 2 N–H and O–H groups in total. The number of benzene rings is 1. The molecule has 0 saturated carbocycles. The predicted molar refractivity (Wildman–Crippen MR) is 115 cm³/mol. The lowest BCUT2D eigenvalue weighted by molar-refractivity contribution is 0.110. The Morgan fingerprint density at radius 2 is 1.96 bits per heavy atom. The monoisotopic (exact) mass is 489 g/mol. The van der Waals surface area contributed by atoms with Crippen LogP contribution in [0.2, 0.25) is 0 Å². The highest BCUT2D eigenvalue weighted by Crippen LogP contribution is 2.20. The van der Waals surface area contributed by atoms with Crippen molar-refractivity contribution in [2.45, 2.75) is 33.9 Å². The molecule has 2 aromatic rings. The minimum Gasteiger partial charge on any atom is -0.491 e. The topological polar surface area (TPSA) is 93.8 Å². The van der Waals surface area contributed by atoms with Gasteiger partial charge in [-0.2, -0.15) is 4.98 Å². The molecule has 0 aliphatic heterocycles. The SMILES string of the molecule is CCOCCOc1cc(C)ccc1CNC(=NC)NCc1noc(C)n1.I. The molecular formula is C18H28IN5O3. The number of rotatable bonds is 9. The fourth-order valence-corrected chi connectivity index (χ4v) is 2.27. The molecular weight excluding hydrogens is 461 g/mol. The van der Waals surface area contributed by atoms with E-state index in [1.165, 1.54) is 0 Å². The zero-order valence-corrected chi connectivity index (χ0v) is 18.6. The number of aliphatic imine (C=N–C) groups is 1. The molecule has 0 fully saturated rings. The highest BCUT2D eigenvalue weighted by atomic mass is 127. The second kappa shape index (κ2) is 12.5. The van der Waals surface area contributed by atoms with Gasteiger partial charge in [-0.3, -0.25) is 4.99 Å². The van der Waals surface area contributed by atoms with Gasteiger partial charge in [0, 0.05) is 32.7 Å². The van der Waals surface area contributed by atoms with Gasteiger partial charge >= 0.3 is 0 Å². The molecule has 1 aromatic carbocycles. The maximum absolute atomic E-state index is 5.86. The first-order chi connectivity index (χ1) is 12.6. The van der Waals surface area contributed by atoms with E-state index in [-0.39, 0.29) is 24.0 Å². The standard InChI is InChI=1S/C18H27N5O3.HI/c1-5-24-8-9-25-16-10-13(2)6-7-15(16)11-20-18(19-4)21-12-17-22-14(3)26-23-17;/h6-7,10H,5,8-9,11-12H2,1-4H3,(H2,19,20,21);1H. The van der Waals surface area contributed by atoms with Crippen molar-refractivity contribution < 1.29 is 14.0 Å². The van der Waals surface area contributed by atoms with Crippen LogP contribution < -0.4 is 15.4 Å². The number of aromatic nitrogens is 2. The first-order valence-corrected chi connectivity index (χ1v) is 8.66. The highest BCUT2D eigenvalue weighted by Gasteiger charge is 2.07. The highest BCUT2D eigenvalue weighted by molar-refractivity contribution is 14.0. The molecule has 0 aliphatic carbocycles. The van der Waals surface area contributed by atoms with E-state index in [0.29, 0.717) is 50.6 Å². The lowest BCUT2D eigenvalue weighted by atomic mass is 10.1. The number of guanidine groups is 1. The molecule has 27 heavy (non-hydrogen) atoms. The summed E-state index contributed by atoms with van der Waals surface area (Å²) in [5.41, 5.74) is 2.19. The summed E-state index contributed by atoms with van der Waals surface area (Å²) in [6.07, 6.45) is 0. The van der Waals surface area contributed by atoms with Gasteiger partial charge in [0.05, 0.1) is 13.2 Å². The molecule has 8 nitrogen and oxygen atoms in total. The molecule has 0 unspecified atom stereocenters. The maximum atomic E-state index is 5.86. The Hall–Kier alpha value is -1.88. The van der Waals surface area contributed by atoms with Crippen molar-refractivity contribution >= 4 is 29.9 Å². The molecule has 0 amide bonds. The van der Waals surface area contributed by atoms with Crippen LogP contribution in [0.15, 0.2) is 27.7 Å². The van der Waals surface area contributed by atoms with E-state index in [2.05, 4.69) is 31.8 Å². The number of nitrogens with zero attached hydrogens (tertiary/aromatic N) is 3. The lowest BCUT2D eigenvalue weighted by Gasteiger charge is -2.15. The van der Waals surface area contributed by atoms with Gasteiger partial charge in [0.15, 0.2) is 11.8 Å². The van der Waals surface area contributed by atoms with E-state index in [1.807, 2.05) is 26.0 Å². The lowest BCUT2D eigenvalue weighted by Crippen LogP contribution is -2.36. The number of halogens is 1. The molecule has 0 saturated heterocycles. The molecule has 0 bridgehead atoms. The van der Waals surface area contributed by atoms with Crippen LogP contribution in [-0.4, -0.2) is 43.0 Å². The van der Waals surface area contributed by atoms with Crippen LogP contribution >= 0.6 is 24.0 Å².